The van der Waals surface area contributed by atoms with Gasteiger partial charge >= 0.3 is 0 Å². The Hall–Kier alpha value is -9.94. The summed E-state index contributed by atoms with van der Waals surface area (Å²) in [6, 6.07) is 65.3. The van der Waals surface area contributed by atoms with Crippen LogP contribution in [0.25, 0.3) is 67.8 Å². The molecule has 472 valence electrons. The lowest BCUT2D eigenvalue weighted by Crippen LogP contribution is -2.24. The standard InChI is InChI=1S/C47H51N5O4.C34H33N3/c1-2-3-4-7-10-22-47-55-36-24-26-42(51-34-36)44-21-17-20-43(52-44)41-25-23-35(33-50-41)53-29-15-8-5-6-9-16-30-54-45-32-46(56-47)38(40-19-12-14-28-49-40)31-37(45)39-18-11-13-27-48-39;1-34(21-10-16-31-15-8-9-22-35-31,23-27-17-19-32(36-25-27)29-11-4-2-5-12-29)24-28-18-20-33(37-26-28)30-13-6-3-7-14-30/h11-14,17-21,23-28,31-34,47H,2-10,15-16,22,29-30H2,1H3;2-9,11-15,17-20,22,25-26H,10,16,21,23-24H2,1H3. The van der Waals surface area contributed by atoms with Gasteiger partial charge in [0.15, 0.2) is 0 Å². The summed E-state index contributed by atoms with van der Waals surface area (Å²) >= 11 is 0. The van der Waals surface area contributed by atoms with Crippen molar-refractivity contribution in [1.82, 2.24) is 39.9 Å². The Balaban J connectivity index is 0.000000207. The zero-order chi connectivity index (χ0) is 63.5. The van der Waals surface area contributed by atoms with E-state index < -0.39 is 6.29 Å². The summed E-state index contributed by atoms with van der Waals surface area (Å²) in [6.07, 6.45) is 30.4. The Morgan fingerprint density at radius 3 is 1.47 bits per heavy atom. The van der Waals surface area contributed by atoms with Crippen LogP contribution in [0.3, 0.4) is 0 Å². The van der Waals surface area contributed by atoms with Gasteiger partial charge < -0.3 is 18.9 Å². The van der Waals surface area contributed by atoms with Crippen LogP contribution in [0.4, 0.5) is 0 Å². The maximum Gasteiger partial charge on any atom is 0.241 e. The lowest BCUT2D eigenvalue weighted by molar-refractivity contribution is -0.00242. The Kier molecular flexibility index (Phi) is 23.6. The highest BCUT2D eigenvalue weighted by Gasteiger charge is 2.27. The Labute approximate surface area is 549 Å². The van der Waals surface area contributed by atoms with E-state index in [9.17, 15) is 0 Å². The fraction of sp³-hybridized carbons (Fsp3) is 0.284. The van der Waals surface area contributed by atoms with E-state index in [4.69, 9.17) is 48.9 Å². The van der Waals surface area contributed by atoms with Gasteiger partial charge in [-0.1, -0.05) is 162 Å². The number of unbranched alkanes of at least 4 members (excludes halogenated alkanes) is 4. The zero-order valence-electron chi connectivity index (χ0n) is 53.7. The third-order valence-corrected chi connectivity index (χ3v) is 16.8. The third kappa shape index (κ3) is 19.3. The summed E-state index contributed by atoms with van der Waals surface area (Å²) in [5.41, 5.74) is 14.5. The highest BCUT2D eigenvalue weighted by molar-refractivity contribution is 5.79. The van der Waals surface area contributed by atoms with Crippen molar-refractivity contribution in [3.05, 3.63) is 254 Å². The predicted octanol–water partition coefficient (Wildman–Crippen LogP) is 19.6. The van der Waals surface area contributed by atoms with E-state index >= 15 is 0 Å². The van der Waals surface area contributed by atoms with Crippen LogP contribution in [0.2, 0.25) is 0 Å². The number of ether oxygens (including phenoxy) is 4. The van der Waals surface area contributed by atoms with Crippen molar-refractivity contribution in [2.75, 3.05) is 13.2 Å². The SMILES string of the molecule is CC(CCCc1ccccn1)(Cc1ccc(-c2ccccc2)nc1)Cc1ccc(-c2ccccc2)nc1.CCCCCCCC1Oc2ccc(nc2)-c2cccc(n2)-c2ccc(cn2)OCCCCCCCCOc2cc(c(-c3ccccn3)cc2-c2ccccn2)O1. The number of aryl methyl sites for hydroxylation is 1. The molecule has 3 aliphatic rings. The number of hydrogen-bond donors (Lipinski definition) is 0. The summed E-state index contributed by atoms with van der Waals surface area (Å²) in [6.45, 7) is 5.88. The average Bonchev–Trinajstić information content (AvgIpc) is 1.44. The van der Waals surface area contributed by atoms with E-state index in [-0.39, 0.29) is 5.41 Å². The van der Waals surface area contributed by atoms with Crippen LogP contribution >= 0.6 is 0 Å². The van der Waals surface area contributed by atoms with Gasteiger partial charge in [0.2, 0.25) is 6.29 Å². The fourth-order valence-electron chi connectivity index (χ4n) is 11.9. The van der Waals surface area contributed by atoms with E-state index in [2.05, 4.69) is 127 Å². The van der Waals surface area contributed by atoms with Crippen LogP contribution in [0.15, 0.2) is 238 Å². The third-order valence-electron chi connectivity index (χ3n) is 16.8. The van der Waals surface area contributed by atoms with E-state index in [1.807, 2.05) is 116 Å². The first-order valence-corrected chi connectivity index (χ1v) is 33.3. The molecule has 12 heteroatoms. The molecule has 1 atom stereocenters. The van der Waals surface area contributed by atoms with Crippen molar-refractivity contribution in [1.29, 1.82) is 0 Å². The molecule has 12 nitrogen and oxygen atoms in total. The van der Waals surface area contributed by atoms with Crippen molar-refractivity contribution in [2.24, 2.45) is 5.41 Å². The molecule has 0 saturated heterocycles. The summed E-state index contributed by atoms with van der Waals surface area (Å²) in [4.78, 5) is 37.9. The summed E-state index contributed by atoms with van der Waals surface area (Å²) in [7, 11) is 0. The Bertz CT molecular complexity index is 3880. The summed E-state index contributed by atoms with van der Waals surface area (Å²) in [5.74, 6) is 2.74. The molecule has 8 bridgehead atoms. The fourth-order valence-corrected chi connectivity index (χ4v) is 11.9. The quantitative estimate of drug-likeness (QED) is 0.0755. The number of benzene rings is 3. The molecule has 1 unspecified atom stereocenters. The molecule has 0 aliphatic carbocycles. The van der Waals surface area contributed by atoms with E-state index in [1.165, 1.54) is 30.4 Å². The van der Waals surface area contributed by atoms with E-state index in [1.54, 1.807) is 18.6 Å². The first-order chi connectivity index (χ1) is 45.9. The minimum absolute atomic E-state index is 0.0840. The molecule has 14 rings (SSSR count). The molecular weight excluding hydrogens is 1150 g/mol. The Morgan fingerprint density at radius 2 is 0.925 bits per heavy atom. The zero-order valence-corrected chi connectivity index (χ0v) is 53.7. The number of rotatable bonds is 18. The van der Waals surface area contributed by atoms with Crippen LogP contribution in [0, 0.1) is 5.41 Å². The van der Waals surface area contributed by atoms with Crippen molar-refractivity contribution in [2.45, 2.75) is 129 Å². The number of nitrogens with zero attached hydrogens (tertiary/aromatic N) is 8. The molecular formula is C81H84N8O4. The van der Waals surface area contributed by atoms with Gasteiger partial charge in [-0.3, -0.25) is 34.9 Å². The smallest absolute Gasteiger partial charge is 0.241 e. The van der Waals surface area contributed by atoms with Gasteiger partial charge in [-0.15, -0.1) is 0 Å². The maximum absolute atomic E-state index is 6.89. The van der Waals surface area contributed by atoms with Crippen molar-refractivity contribution >= 4 is 0 Å². The van der Waals surface area contributed by atoms with Gasteiger partial charge in [0, 0.05) is 71.4 Å². The molecule has 93 heavy (non-hydrogen) atoms. The van der Waals surface area contributed by atoms with Crippen LogP contribution in [0.5, 0.6) is 23.0 Å². The predicted molar refractivity (Wildman–Crippen MR) is 373 cm³/mol. The molecule has 3 aliphatic heterocycles. The number of fused-ring (bicyclic) bond motifs is 2. The van der Waals surface area contributed by atoms with Gasteiger partial charge in [0.1, 0.15) is 23.0 Å². The Morgan fingerprint density at radius 1 is 0.398 bits per heavy atom. The van der Waals surface area contributed by atoms with Crippen molar-refractivity contribution in [3.8, 4) is 90.8 Å². The minimum Gasteiger partial charge on any atom is -0.493 e. The molecule has 0 saturated carbocycles. The van der Waals surface area contributed by atoms with E-state index in [0.29, 0.717) is 31.1 Å². The van der Waals surface area contributed by atoms with E-state index in [0.717, 1.165) is 168 Å². The lowest BCUT2D eigenvalue weighted by atomic mass is 9.75. The highest BCUT2D eigenvalue weighted by Crippen LogP contribution is 2.42. The monoisotopic (exact) mass is 1230 g/mol. The number of aromatic nitrogens is 8. The molecule has 3 aromatic carbocycles. The van der Waals surface area contributed by atoms with Crippen molar-refractivity contribution < 1.29 is 18.9 Å². The molecule has 0 N–H and O–H groups in total. The molecule has 0 radical (unpaired) electrons. The van der Waals surface area contributed by atoms with Gasteiger partial charge in [-0.2, -0.15) is 0 Å². The number of pyridine rings is 8. The van der Waals surface area contributed by atoms with Gasteiger partial charge in [0.05, 0.1) is 71.2 Å². The second-order valence-corrected chi connectivity index (χ2v) is 24.3. The normalized spacial score (nSPS) is 13.6. The van der Waals surface area contributed by atoms with Crippen LogP contribution < -0.4 is 18.9 Å². The van der Waals surface area contributed by atoms with Gasteiger partial charge in [-0.25, -0.2) is 4.98 Å². The molecule has 11 aromatic rings. The molecule has 0 fully saturated rings. The largest absolute Gasteiger partial charge is 0.493 e. The summed E-state index contributed by atoms with van der Waals surface area (Å²) in [5, 5.41) is 0. The molecule has 8 aromatic heterocycles. The minimum atomic E-state index is -0.581. The van der Waals surface area contributed by atoms with Crippen molar-refractivity contribution in [3.63, 3.8) is 0 Å². The second-order valence-electron chi connectivity index (χ2n) is 24.3. The first kappa shape index (κ1) is 64.6. The molecule has 0 spiro atoms. The summed E-state index contributed by atoms with van der Waals surface area (Å²) < 4.78 is 26.1. The first-order valence-electron chi connectivity index (χ1n) is 33.3. The van der Waals surface area contributed by atoms with Crippen LogP contribution in [0.1, 0.15) is 121 Å². The highest BCUT2D eigenvalue weighted by atomic mass is 16.7. The lowest BCUT2D eigenvalue weighted by Gasteiger charge is -2.30. The second kappa shape index (κ2) is 33.9. The molecule has 0 amide bonds. The topological polar surface area (TPSA) is 140 Å². The molecule has 11 heterocycles. The van der Waals surface area contributed by atoms with Gasteiger partial charge in [0.25, 0.3) is 0 Å². The van der Waals surface area contributed by atoms with Gasteiger partial charge in [-0.05, 0) is 159 Å². The maximum atomic E-state index is 6.89. The number of hydrogen-bond acceptors (Lipinski definition) is 12. The van der Waals surface area contributed by atoms with Crippen LogP contribution in [-0.4, -0.2) is 59.4 Å². The van der Waals surface area contributed by atoms with Crippen LogP contribution in [-0.2, 0) is 19.3 Å². The average molecular weight is 1230 g/mol.